The molecular formula is C23H29FO2S. The molecule has 0 radical (unpaired) electrons. The number of hydrogen-bond donors (Lipinski definition) is 1. The average molecular weight is 389 g/mol. The second-order valence-electron chi connectivity index (χ2n) is 7.49. The highest BCUT2D eigenvalue weighted by molar-refractivity contribution is 7.99. The topological polar surface area (TPSA) is 29.5 Å². The number of ether oxygens (including phenoxy) is 1. The zero-order valence-electron chi connectivity index (χ0n) is 16.4. The highest BCUT2D eigenvalue weighted by Gasteiger charge is 2.44. The summed E-state index contributed by atoms with van der Waals surface area (Å²) in [5.74, 6) is 1.23. The third-order valence-electron chi connectivity index (χ3n) is 5.97. The molecule has 0 saturated carbocycles. The SMILES string of the molecule is CCCC[C@]1(CC)CSc2ccc(OC)cc2[C@@H](c2ccc(F)cc2)C1O. The average Bonchev–Trinajstić information content (AvgIpc) is 2.81. The molecule has 1 N–H and O–H groups in total. The molecule has 1 aliphatic heterocycles. The molecule has 2 aromatic rings. The van der Waals surface area contributed by atoms with E-state index in [1.54, 1.807) is 7.11 Å². The molecule has 3 atom stereocenters. The fraction of sp³-hybridized carbons (Fsp3) is 0.478. The van der Waals surface area contributed by atoms with Crippen molar-refractivity contribution in [2.45, 2.75) is 56.4 Å². The highest BCUT2D eigenvalue weighted by atomic mass is 32.2. The number of unbranched alkanes of at least 4 members (excludes halogenated alkanes) is 1. The maximum atomic E-state index is 13.5. The van der Waals surface area contributed by atoms with Crippen LogP contribution in [0, 0.1) is 11.2 Å². The molecule has 0 fully saturated rings. The zero-order chi connectivity index (χ0) is 19.4. The molecule has 1 heterocycles. The summed E-state index contributed by atoms with van der Waals surface area (Å²) in [4.78, 5) is 1.18. The van der Waals surface area contributed by atoms with Crippen LogP contribution in [0.15, 0.2) is 47.4 Å². The summed E-state index contributed by atoms with van der Waals surface area (Å²) in [6.07, 6.45) is 3.60. The Morgan fingerprint density at radius 2 is 1.93 bits per heavy atom. The zero-order valence-corrected chi connectivity index (χ0v) is 17.2. The van der Waals surface area contributed by atoms with Gasteiger partial charge in [0.25, 0.3) is 0 Å². The van der Waals surface area contributed by atoms with E-state index >= 15 is 0 Å². The quantitative estimate of drug-likeness (QED) is 0.656. The predicted octanol–water partition coefficient (Wildman–Crippen LogP) is 6.02. The molecule has 2 aromatic carbocycles. The summed E-state index contributed by atoms with van der Waals surface area (Å²) in [7, 11) is 1.66. The van der Waals surface area contributed by atoms with Crippen molar-refractivity contribution in [3.63, 3.8) is 0 Å². The molecule has 0 amide bonds. The van der Waals surface area contributed by atoms with Crippen molar-refractivity contribution in [3.05, 3.63) is 59.4 Å². The van der Waals surface area contributed by atoms with Gasteiger partial charge in [0.05, 0.1) is 13.2 Å². The maximum absolute atomic E-state index is 13.5. The number of aliphatic hydroxyl groups excluding tert-OH is 1. The largest absolute Gasteiger partial charge is 0.497 e. The van der Waals surface area contributed by atoms with Crippen LogP contribution < -0.4 is 4.74 Å². The number of benzene rings is 2. The van der Waals surface area contributed by atoms with Crippen molar-refractivity contribution in [1.29, 1.82) is 0 Å². The minimum Gasteiger partial charge on any atom is -0.497 e. The minimum absolute atomic E-state index is 0.161. The van der Waals surface area contributed by atoms with Gasteiger partial charge in [-0.15, -0.1) is 11.8 Å². The Bertz CT molecular complexity index is 761. The number of thioether (sulfide) groups is 1. The lowest BCUT2D eigenvalue weighted by atomic mass is 9.69. The Morgan fingerprint density at radius 3 is 2.56 bits per heavy atom. The van der Waals surface area contributed by atoms with Crippen LogP contribution in [0.25, 0.3) is 0 Å². The summed E-state index contributed by atoms with van der Waals surface area (Å²) in [6, 6.07) is 12.7. The molecule has 0 aliphatic carbocycles. The minimum atomic E-state index is -0.527. The number of hydrogen-bond acceptors (Lipinski definition) is 3. The predicted molar refractivity (Wildman–Crippen MR) is 110 cm³/mol. The fourth-order valence-electron chi connectivity index (χ4n) is 4.13. The maximum Gasteiger partial charge on any atom is 0.123 e. The number of aliphatic hydroxyl groups is 1. The van der Waals surface area contributed by atoms with E-state index in [1.807, 2.05) is 36.0 Å². The van der Waals surface area contributed by atoms with Gasteiger partial charge in [0.1, 0.15) is 11.6 Å². The van der Waals surface area contributed by atoms with E-state index in [2.05, 4.69) is 19.9 Å². The second kappa shape index (κ2) is 8.66. The lowest BCUT2D eigenvalue weighted by Crippen LogP contribution is -2.40. The Morgan fingerprint density at radius 1 is 1.19 bits per heavy atom. The standard InChI is InChI=1S/C23H29FO2S/c1-4-6-13-23(5-2)15-27-20-12-11-18(26-3)14-19(20)21(22(23)25)16-7-9-17(24)10-8-16/h7-12,14,21-22,25H,4-6,13,15H2,1-3H3/t21-,22?,23-/m1/s1. The molecule has 0 aromatic heterocycles. The van der Waals surface area contributed by atoms with Gasteiger partial charge in [0, 0.05) is 22.0 Å². The molecular weight excluding hydrogens is 359 g/mol. The number of rotatable bonds is 6. The Labute approximate surface area is 166 Å². The van der Waals surface area contributed by atoms with E-state index in [1.165, 1.54) is 17.0 Å². The van der Waals surface area contributed by atoms with E-state index in [0.717, 1.165) is 48.3 Å². The molecule has 146 valence electrons. The Hall–Kier alpha value is -1.52. The van der Waals surface area contributed by atoms with Crippen molar-refractivity contribution in [2.24, 2.45) is 5.41 Å². The summed E-state index contributed by atoms with van der Waals surface area (Å²) < 4.78 is 19.0. The first-order valence-corrected chi connectivity index (χ1v) is 10.8. The fourth-order valence-corrected chi connectivity index (χ4v) is 5.61. The molecule has 0 saturated heterocycles. The molecule has 0 spiro atoms. The molecule has 27 heavy (non-hydrogen) atoms. The van der Waals surface area contributed by atoms with Gasteiger partial charge in [0.2, 0.25) is 0 Å². The third kappa shape index (κ3) is 4.02. The summed E-state index contributed by atoms with van der Waals surface area (Å²) >= 11 is 1.83. The van der Waals surface area contributed by atoms with Gasteiger partial charge in [-0.3, -0.25) is 0 Å². The number of methoxy groups -OCH3 is 1. The molecule has 4 heteroatoms. The molecule has 1 aliphatic rings. The van der Waals surface area contributed by atoms with Crippen molar-refractivity contribution >= 4 is 11.8 Å². The van der Waals surface area contributed by atoms with Gasteiger partial charge < -0.3 is 9.84 Å². The smallest absolute Gasteiger partial charge is 0.123 e. The monoisotopic (exact) mass is 388 g/mol. The van der Waals surface area contributed by atoms with E-state index in [9.17, 15) is 9.50 Å². The van der Waals surface area contributed by atoms with E-state index in [-0.39, 0.29) is 17.2 Å². The van der Waals surface area contributed by atoms with Crippen LogP contribution in [0.2, 0.25) is 0 Å². The number of fused-ring (bicyclic) bond motifs is 1. The molecule has 1 unspecified atom stereocenters. The van der Waals surface area contributed by atoms with Crippen LogP contribution in [-0.2, 0) is 0 Å². The first-order chi connectivity index (χ1) is 13.0. The van der Waals surface area contributed by atoms with E-state index in [0.29, 0.717) is 0 Å². The Kier molecular flexibility index (Phi) is 6.48. The third-order valence-corrected chi connectivity index (χ3v) is 7.37. The van der Waals surface area contributed by atoms with Gasteiger partial charge in [-0.1, -0.05) is 38.8 Å². The van der Waals surface area contributed by atoms with Crippen molar-refractivity contribution in [3.8, 4) is 5.75 Å². The van der Waals surface area contributed by atoms with Gasteiger partial charge in [-0.25, -0.2) is 4.39 Å². The highest BCUT2D eigenvalue weighted by Crippen LogP contribution is 2.51. The lowest BCUT2D eigenvalue weighted by molar-refractivity contribution is 0.0182. The van der Waals surface area contributed by atoms with Gasteiger partial charge >= 0.3 is 0 Å². The normalized spacial score (nSPS) is 24.9. The summed E-state index contributed by atoms with van der Waals surface area (Å²) in [6.45, 7) is 4.37. The van der Waals surface area contributed by atoms with Crippen molar-refractivity contribution < 1.29 is 14.2 Å². The van der Waals surface area contributed by atoms with Gasteiger partial charge in [-0.2, -0.15) is 0 Å². The molecule has 0 bridgehead atoms. The second-order valence-corrected chi connectivity index (χ2v) is 8.50. The van der Waals surface area contributed by atoms with E-state index in [4.69, 9.17) is 4.74 Å². The van der Waals surface area contributed by atoms with Crippen molar-refractivity contribution in [2.75, 3.05) is 12.9 Å². The Balaban J connectivity index is 2.14. The van der Waals surface area contributed by atoms with E-state index < -0.39 is 6.10 Å². The number of halogens is 1. The van der Waals surface area contributed by atoms with Crippen LogP contribution in [0.1, 0.15) is 56.6 Å². The van der Waals surface area contributed by atoms with Gasteiger partial charge in [-0.05, 0) is 54.3 Å². The van der Waals surface area contributed by atoms with Gasteiger partial charge in [0.15, 0.2) is 0 Å². The molecule has 3 rings (SSSR count). The van der Waals surface area contributed by atoms with Crippen LogP contribution in [-0.4, -0.2) is 24.1 Å². The lowest BCUT2D eigenvalue weighted by Gasteiger charge is -2.39. The van der Waals surface area contributed by atoms with Crippen molar-refractivity contribution in [1.82, 2.24) is 0 Å². The molecule has 2 nitrogen and oxygen atoms in total. The summed E-state index contributed by atoms with van der Waals surface area (Å²) in [5, 5.41) is 11.7. The van der Waals surface area contributed by atoms with Crippen LogP contribution in [0.4, 0.5) is 4.39 Å². The first kappa shape index (κ1) is 20.2. The van der Waals surface area contributed by atoms with Crippen LogP contribution in [0.5, 0.6) is 5.75 Å². The summed E-state index contributed by atoms with van der Waals surface area (Å²) in [5.41, 5.74) is 1.87. The first-order valence-electron chi connectivity index (χ1n) is 9.79. The van der Waals surface area contributed by atoms with Crippen LogP contribution in [0.3, 0.4) is 0 Å². The van der Waals surface area contributed by atoms with Crippen LogP contribution >= 0.6 is 11.8 Å².